The van der Waals surface area contributed by atoms with E-state index >= 15 is 0 Å². The van der Waals surface area contributed by atoms with Crippen LogP contribution in [0.2, 0.25) is 0 Å². The maximum Gasteiger partial charge on any atom is 0.257 e. The molecule has 7 heteroatoms. The van der Waals surface area contributed by atoms with E-state index in [0.29, 0.717) is 28.1 Å². The first-order valence-corrected chi connectivity index (χ1v) is 10.0. The number of anilines is 1. The quantitative estimate of drug-likeness (QED) is 0.291. The third-order valence-corrected chi connectivity index (χ3v) is 4.65. The first kappa shape index (κ1) is 21.2. The predicted octanol–water partition coefficient (Wildman–Crippen LogP) is 5.24. The molecule has 3 N–H and O–H groups in total. The minimum absolute atomic E-state index is 0.0530. The lowest BCUT2D eigenvalue weighted by Crippen LogP contribution is -2.34. The zero-order valence-electron chi connectivity index (χ0n) is 15.1. The minimum atomic E-state index is -0.349. The molecule has 0 spiro atoms. The van der Waals surface area contributed by atoms with Gasteiger partial charge in [-0.25, -0.2) is 0 Å². The van der Waals surface area contributed by atoms with Crippen LogP contribution >= 0.6 is 28.1 Å². The summed E-state index contributed by atoms with van der Waals surface area (Å²) < 4.78 is 6.46. The molecular formula is C20H23BrN2O3S. The number of halogens is 1. The van der Waals surface area contributed by atoms with Crippen molar-refractivity contribution < 1.29 is 14.6 Å². The van der Waals surface area contributed by atoms with Crippen molar-refractivity contribution in [3.63, 3.8) is 0 Å². The molecule has 0 atom stereocenters. The van der Waals surface area contributed by atoms with Crippen molar-refractivity contribution in [1.29, 1.82) is 0 Å². The molecule has 27 heavy (non-hydrogen) atoms. The fourth-order valence-electron chi connectivity index (χ4n) is 2.38. The molecule has 2 aromatic rings. The molecular weight excluding hydrogens is 428 g/mol. The first-order valence-electron chi connectivity index (χ1n) is 8.84. The average Bonchev–Trinajstić information content (AvgIpc) is 2.64. The number of amides is 1. The Morgan fingerprint density at radius 3 is 2.67 bits per heavy atom. The van der Waals surface area contributed by atoms with Crippen molar-refractivity contribution in [2.45, 2.75) is 32.6 Å². The average molecular weight is 451 g/mol. The number of benzene rings is 2. The van der Waals surface area contributed by atoms with Crippen LogP contribution in [0, 0.1) is 0 Å². The summed E-state index contributed by atoms with van der Waals surface area (Å²) in [4.78, 5) is 12.4. The highest BCUT2D eigenvalue weighted by atomic mass is 79.9. The van der Waals surface area contributed by atoms with E-state index in [0.717, 1.165) is 12.8 Å². The molecule has 0 heterocycles. The fourth-order valence-corrected chi connectivity index (χ4v) is 3.07. The molecule has 0 fully saturated rings. The number of carbonyl (C=O) groups excluding carboxylic acids is 1. The van der Waals surface area contributed by atoms with Crippen LogP contribution in [-0.4, -0.2) is 22.7 Å². The number of unbranched alkanes of at least 4 members (excludes halogenated alkanes) is 3. The summed E-state index contributed by atoms with van der Waals surface area (Å²) in [7, 11) is 0. The molecule has 0 aliphatic rings. The summed E-state index contributed by atoms with van der Waals surface area (Å²) in [5, 5.41) is 15.2. The van der Waals surface area contributed by atoms with Gasteiger partial charge in [0, 0.05) is 5.56 Å². The smallest absolute Gasteiger partial charge is 0.257 e. The molecule has 0 radical (unpaired) electrons. The summed E-state index contributed by atoms with van der Waals surface area (Å²) in [6.45, 7) is 2.82. The van der Waals surface area contributed by atoms with Crippen molar-refractivity contribution in [2.24, 2.45) is 0 Å². The number of nitrogens with one attached hydrogen (secondary N) is 2. The standard InChI is InChI=1S/C20H23BrN2O3S/c1-2-3-4-7-12-26-18-11-10-14(13-15(18)21)19(25)23-20(27)22-16-8-5-6-9-17(16)24/h5-6,8-11,13,24H,2-4,7,12H2,1H3,(H2,22,23,25,27). The van der Waals surface area contributed by atoms with Crippen molar-refractivity contribution in [1.82, 2.24) is 5.32 Å². The van der Waals surface area contributed by atoms with Gasteiger partial charge in [0.15, 0.2) is 5.11 Å². The third-order valence-electron chi connectivity index (χ3n) is 3.83. The van der Waals surface area contributed by atoms with E-state index in [9.17, 15) is 9.90 Å². The fraction of sp³-hybridized carbons (Fsp3) is 0.300. The number of hydrogen-bond donors (Lipinski definition) is 3. The molecule has 144 valence electrons. The van der Waals surface area contributed by atoms with E-state index in [1.807, 2.05) is 0 Å². The van der Waals surface area contributed by atoms with Gasteiger partial charge in [0.2, 0.25) is 0 Å². The molecule has 0 saturated carbocycles. The Morgan fingerprint density at radius 1 is 1.19 bits per heavy atom. The zero-order chi connectivity index (χ0) is 19.6. The van der Waals surface area contributed by atoms with Gasteiger partial charge in [0.1, 0.15) is 11.5 Å². The van der Waals surface area contributed by atoms with Gasteiger partial charge in [-0.3, -0.25) is 10.1 Å². The van der Waals surface area contributed by atoms with Crippen molar-refractivity contribution >= 4 is 44.9 Å². The Bertz CT molecular complexity index is 799. The second-order valence-electron chi connectivity index (χ2n) is 5.98. The highest BCUT2D eigenvalue weighted by Gasteiger charge is 2.12. The van der Waals surface area contributed by atoms with Crippen molar-refractivity contribution in [2.75, 3.05) is 11.9 Å². The van der Waals surface area contributed by atoms with Gasteiger partial charge in [-0.05, 0) is 64.9 Å². The lowest BCUT2D eigenvalue weighted by molar-refractivity contribution is 0.0977. The van der Waals surface area contributed by atoms with Crippen LogP contribution in [0.4, 0.5) is 5.69 Å². The molecule has 0 saturated heterocycles. The summed E-state index contributed by atoms with van der Waals surface area (Å²) in [5.74, 6) is 0.411. The van der Waals surface area contributed by atoms with Gasteiger partial charge in [0.05, 0.1) is 16.8 Å². The molecule has 0 unspecified atom stereocenters. The monoisotopic (exact) mass is 450 g/mol. The van der Waals surface area contributed by atoms with Crippen LogP contribution in [-0.2, 0) is 0 Å². The van der Waals surface area contributed by atoms with Gasteiger partial charge in [-0.2, -0.15) is 0 Å². The molecule has 0 aliphatic heterocycles. The van der Waals surface area contributed by atoms with E-state index in [-0.39, 0.29) is 16.8 Å². The number of para-hydroxylation sites is 2. The van der Waals surface area contributed by atoms with Crippen LogP contribution in [0.3, 0.4) is 0 Å². The van der Waals surface area contributed by atoms with Crippen LogP contribution < -0.4 is 15.4 Å². The summed E-state index contributed by atoms with van der Waals surface area (Å²) in [6.07, 6.45) is 4.55. The van der Waals surface area contributed by atoms with Gasteiger partial charge >= 0.3 is 0 Å². The number of ether oxygens (including phenoxy) is 1. The minimum Gasteiger partial charge on any atom is -0.506 e. The van der Waals surface area contributed by atoms with E-state index in [2.05, 4.69) is 33.5 Å². The molecule has 0 bridgehead atoms. The highest BCUT2D eigenvalue weighted by molar-refractivity contribution is 9.10. The highest BCUT2D eigenvalue weighted by Crippen LogP contribution is 2.26. The molecule has 2 rings (SSSR count). The Morgan fingerprint density at radius 2 is 1.96 bits per heavy atom. The normalized spacial score (nSPS) is 10.3. The number of phenolic OH excluding ortho intramolecular Hbond substituents is 1. The van der Waals surface area contributed by atoms with Crippen LogP contribution in [0.25, 0.3) is 0 Å². The second kappa shape index (κ2) is 10.9. The lowest BCUT2D eigenvalue weighted by atomic mass is 10.2. The van der Waals surface area contributed by atoms with Gasteiger partial charge in [-0.1, -0.05) is 38.3 Å². The zero-order valence-corrected chi connectivity index (χ0v) is 17.5. The van der Waals surface area contributed by atoms with Crippen LogP contribution in [0.1, 0.15) is 43.0 Å². The molecule has 2 aromatic carbocycles. The molecule has 1 amide bonds. The van der Waals surface area contributed by atoms with Gasteiger partial charge in [-0.15, -0.1) is 0 Å². The van der Waals surface area contributed by atoms with E-state index in [1.54, 1.807) is 36.4 Å². The Kier molecular flexibility index (Phi) is 8.54. The van der Waals surface area contributed by atoms with E-state index in [4.69, 9.17) is 17.0 Å². The number of phenols is 1. The SMILES string of the molecule is CCCCCCOc1ccc(C(=O)NC(=S)Nc2ccccc2O)cc1Br. The van der Waals surface area contributed by atoms with Crippen LogP contribution in [0.5, 0.6) is 11.5 Å². The summed E-state index contributed by atoms with van der Waals surface area (Å²) in [6, 6.07) is 11.8. The summed E-state index contributed by atoms with van der Waals surface area (Å²) in [5.41, 5.74) is 0.873. The predicted molar refractivity (Wildman–Crippen MR) is 116 cm³/mol. The van der Waals surface area contributed by atoms with Crippen molar-refractivity contribution in [3.05, 3.63) is 52.5 Å². The molecule has 0 aromatic heterocycles. The maximum absolute atomic E-state index is 12.4. The molecule has 5 nitrogen and oxygen atoms in total. The first-order chi connectivity index (χ1) is 13.0. The summed E-state index contributed by atoms with van der Waals surface area (Å²) >= 11 is 8.57. The number of carbonyl (C=O) groups is 1. The van der Waals surface area contributed by atoms with Gasteiger partial charge < -0.3 is 15.2 Å². The second-order valence-corrected chi connectivity index (χ2v) is 7.24. The van der Waals surface area contributed by atoms with E-state index in [1.165, 1.54) is 18.9 Å². The largest absolute Gasteiger partial charge is 0.506 e. The van der Waals surface area contributed by atoms with Crippen LogP contribution in [0.15, 0.2) is 46.9 Å². The Balaban J connectivity index is 1.89. The third kappa shape index (κ3) is 6.84. The topological polar surface area (TPSA) is 70.6 Å². The Hall–Kier alpha value is -2.12. The number of hydrogen-bond acceptors (Lipinski definition) is 4. The van der Waals surface area contributed by atoms with Crippen molar-refractivity contribution in [3.8, 4) is 11.5 Å². The lowest BCUT2D eigenvalue weighted by Gasteiger charge is -2.12. The number of rotatable bonds is 8. The van der Waals surface area contributed by atoms with Gasteiger partial charge in [0.25, 0.3) is 5.91 Å². The number of thiocarbonyl (C=S) groups is 1. The maximum atomic E-state index is 12.4. The Labute approximate surface area is 173 Å². The molecule has 0 aliphatic carbocycles. The number of aromatic hydroxyl groups is 1. The van der Waals surface area contributed by atoms with E-state index < -0.39 is 0 Å².